The van der Waals surface area contributed by atoms with Gasteiger partial charge in [-0.2, -0.15) is 0 Å². The van der Waals surface area contributed by atoms with E-state index in [4.69, 9.17) is 9.16 Å². The van der Waals surface area contributed by atoms with Crippen LogP contribution in [0.3, 0.4) is 0 Å². The Morgan fingerprint density at radius 2 is 1.73 bits per heavy atom. The maximum absolute atomic E-state index is 12.1. The molecule has 0 aliphatic carbocycles. The van der Waals surface area contributed by atoms with Gasteiger partial charge in [0.2, 0.25) is 0 Å². The highest BCUT2D eigenvalue weighted by molar-refractivity contribution is 7.91. The molecule has 0 radical (unpaired) electrons. The third-order valence-electron chi connectivity index (χ3n) is 4.70. The van der Waals surface area contributed by atoms with Gasteiger partial charge < -0.3 is 9.16 Å². The summed E-state index contributed by atoms with van der Waals surface area (Å²) in [4.78, 5) is 13.9. The normalized spacial score (nSPS) is 21.4. The van der Waals surface area contributed by atoms with E-state index in [-0.39, 0.29) is 29.1 Å². The van der Waals surface area contributed by atoms with Gasteiger partial charge in [0, 0.05) is 13.1 Å². The fraction of sp³-hybridized carbons (Fsp3) is 0.929. The SMILES string of the molecule is COC(=O)[C@H](CO[Si](C)(C)C(C)(C)C)N1CCS(=O)(=O)CC1. The molecule has 1 atom stereocenters. The summed E-state index contributed by atoms with van der Waals surface area (Å²) in [5, 5.41) is 0.0545. The number of ether oxygens (including phenoxy) is 1. The Bertz CT molecular complexity index is 484. The van der Waals surface area contributed by atoms with Crippen LogP contribution in [0.15, 0.2) is 0 Å². The number of esters is 1. The predicted molar refractivity (Wildman–Crippen MR) is 89.2 cm³/mol. The van der Waals surface area contributed by atoms with Gasteiger partial charge in [-0.1, -0.05) is 20.8 Å². The van der Waals surface area contributed by atoms with E-state index in [9.17, 15) is 13.2 Å². The quantitative estimate of drug-likeness (QED) is 0.549. The largest absolute Gasteiger partial charge is 0.468 e. The van der Waals surface area contributed by atoms with Crippen molar-refractivity contribution in [3.8, 4) is 0 Å². The molecule has 1 heterocycles. The molecule has 0 N–H and O–H groups in total. The summed E-state index contributed by atoms with van der Waals surface area (Å²) >= 11 is 0. The molecule has 1 aliphatic heterocycles. The minimum Gasteiger partial charge on any atom is -0.468 e. The summed E-state index contributed by atoms with van der Waals surface area (Å²) in [7, 11) is -3.60. The van der Waals surface area contributed by atoms with Gasteiger partial charge in [-0.05, 0) is 18.1 Å². The first-order chi connectivity index (χ1) is 9.89. The molecule has 22 heavy (non-hydrogen) atoms. The summed E-state index contributed by atoms with van der Waals surface area (Å²) in [6.45, 7) is 11.6. The third kappa shape index (κ3) is 5.04. The van der Waals surface area contributed by atoms with E-state index in [2.05, 4.69) is 33.9 Å². The Kier molecular flexibility index (Phi) is 6.22. The van der Waals surface area contributed by atoms with E-state index in [0.717, 1.165) is 0 Å². The highest BCUT2D eigenvalue weighted by atomic mass is 32.2. The summed E-state index contributed by atoms with van der Waals surface area (Å²) in [5.41, 5.74) is 0. The summed E-state index contributed by atoms with van der Waals surface area (Å²) in [6.07, 6.45) is 0. The lowest BCUT2D eigenvalue weighted by molar-refractivity contribution is -0.148. The smallest absolute Gasteiger partial charge is 0.325 e. The van der Waals surface area contributed by atoms with Crippen molar-refractivity contribution in [2.75, 3.05) is 38.3 Å². The minimum atomic E-state index is -2.97. The van der Waals surface area contributed by atoms with Crippen molar-refractivity contribution < 1.29 is 22.4 Å². The van der Waals surface area contributed by atoms with Crippen LogP contribution >= 0.6 is 0 Å². The number of nitrogens with zero attached hydrogens (tertiary/aromatic N) is 1. The van der Waals surface area contributed by atoms with Crippen LogP contribution in [0.1, 0.15) is 20.8 Å². The fourth-order valence-corrected chi connectivity index (χ4v) is 4.24. The van der Waals surface area contributed by atoms with Crippen molar-refractivity contribution in [1.29, 1.82) is 0 Å². The molecule has 0 aromatic carbocycles. The topological polar surface area (TPSA) is 72.9 Å². The van der Waals surface area contributed by atoms with Crippen molar-refractivity contribution in [1.82, 2.24) is 4.90 Å². The second kappa shape index (κ2) is 6.98. The Balaban J connectivity index is 2.77. The first kappa shape index (κ1) is 19.6. The maximum atomic E-state index is 12.1. The first-order valence-electron chi connectivity index (χ1n) is 7.56. The predicted octanol–water partition coefficient (Wildman–Crippen LogP) is 1.28. The van der Waals surface area contributed by atoms with Crippen LogP contribution in [-0.4, -0.2) is 72.0 Å². The zero-order chi connectivity index (χ0) is 17.2. The van der Waals surface area contributed by atoms with Gasteiger partial charge in [0.15, 0.2) is 18.2 Å². The molecular weight excluding hydrogens is 322 g/mol. The molecule has 0 aromatic rings. The molecular formula is C14H29NO5SSi. The van der Waals surface area contributed by atoms with Crippen LogP contribution in [0.2, 0.25) is 18.1 Å². The Labute approximate surface area is 135 Å². The van der Waals surface area contributed by atoms with E-state index in [1.165, 1.54) is 7.11 Å². The molecule has 0 spiro atoms. The summed E-state index contributed by atoms with van der Waals surface area (Å²) < 4.78 is 34.1. The van der Waals surface area contributed by atoms with Crippen molar-refractivity contribution in [3.05, 3.63) is 0 Å². The van der Waals surface area contributed by atoms with Crippen molar-refractivity contribution >= 4 is 24.1 Å². The molecule has 8 heteroatoms. The Morgan fingerprint density at radius 1 is 1.23 bits per heavy atom. The molecule has 6 nitrogen and oxygen atoms in total. The van der Waals surface area contributed by atoms with E-state index in [0.29, 0.717) is 13.1 Å². The van der Waals surface area contributed by atoms with Crippen LogP contribution in [0, 0.1) is 0 Å². The zero-order valence-electron chi connectivity index (χ0n) is 14.5. The number of carbonyl (C=O) groups is 1. The standard InChI is InChI=1S/C14H29NO5SSi/c1-14(2,3)22(5,6)20-11-12(13(16)19-4)15-7-9-21(17,18)10-8-15/h12H,7-11H2,1-6H3/t12-/m0/s1. The Morgan fingerprint density at radius 3 is 2.14 bits per heavy atom. The molecule has 0 amide bonds. The number of hydrogen-bond donors (Lipinski definition) is 0. The average molecular weight is 352 g/mol. The minimum absolute atomic E-state index is 0.0545. The monoisotopic (exact) mass is 351 g/mol. The van der Waals surface area contributed by atoms with Crippen LogP contribution in [-0.2, 0) is 23.8 Å². The number of carbonyl (C=O) groups excluding carboxylic acids is 1. The van der Waals surface area contributed by atoms with E-state index < -0.39 is 24.2 Å². The van der Waals surface area contributed by atoms with Crippen LogP contribution in [0.4, 0.5) is 0 Å². The average Bonchev–Trinajstić information content (AvgIpc) is 2.38. The van der Waals surface area contributed by atoms with Gasteiger partial charge in [0.25, 0.3) is 0 Å². The number of hydrogen-bond acceptors (Lipinski definition) is 6. The molecule has 1 aliphatic rings. The highest BCUT2D eigenvalue weighted by Gasteiger charge is 2.40. The molecule has 1 rings (SSSR count). The lowest BCUT2D eigenvalue weighted by Crippen LogP contribution is -2.53. The van der Waals surface area contributed by atoms with E-state index in [1.54, 1.807) is 0 Å². The molecule has 0 bridgehead atoms. The second-order valence-electron chi connectivity index (χ2n) is 7.30. The summed E-state index contributed by atoms with van der Waals surface area (Å²) in [6, 6.07) is -0.533. The molecule has 0 saturated carbocycles. The van der Waals surface area contributed by atoms with Crippen molar-refractivity contribution in [2.24, 2.45) is 0 Å². The van der Waals surface area contributed by atoms with Gasteiger partial charge in [0.05, 0.1) is 25.2 Å². The van der Waals surface area contributed by atoms with Gasteiger partial charge >= 0.3 is 5.97 Å². The number of sulfone groups is 1. The molecule has 1 fully saturated rings. The Hall–Kier alpha value is -0.443. The third-order valence-corrected chi connectivity index (χ3v) is 10.8. The highest BCUT2D eigenvalue weighted by Crippen LogP contribution is 2.36. The van der Waals surface area contributed by atoms with E-state index >= 15 is 0 Å². The van der Waals surface area contributed by atoms with Gasteiger partial charge in [-0.3, -0.25) is 9.69 Å². The van der Waals surface area contributed by atoms with Gasteiger partial charge in [0.1, 0.15) is 6.04 Å². The van der Waals surface area contributed by atoms with Crippen molar-refractivity contribution in [3.63, 3.8) is 0 Å². The van der Waals surface area contributed by atoms with Gasteiger partial charge in [-0.25, -0.2) is 8.42 Å². The van der Waals surface area contributed by atoms with Crippen molar-refractivity contribution in [2.45, 2.75) is 44.9 Å². The zero-order valence-corrected chi connectivity index (χ0v) is 16.3. The first-order valence-corrected chi connectivity index (χ1v) is 12.3. The number of methoxy groups -OCH3 is 1. The van der Waals surface area contributed by atoms with E-state index in [1.807, 2.05) is 4.90 Å². The molecule has 0 aromatic heterocycles. The summed E-state index contributed by atoms with van der Waals surface area (Å²) in [5.74, 6) is -0.195. The lowest BCUT2D eigenvalue weighted by atomic mass is 10.2. The molecule has 0 unspecified atom stereocenters. The maximum Gasteiger partial charge on any atom is 0.325 e. The van der Waals surface area contributed by atoms with Gasteiger partial charge in [-0.15, -0.1) is 0 Å². The fourth-order valence-electron chi connectivity index (χ4n) is 2.00. The lowest BCUT2D eigenvalue weighted by Gasteiger charge is -2.39. The van der Waals surface area contributed by atoms with Crippen LogP contribution in [0.5, 0.6) is 0 Å². The molecule has 1 saturated heterocycles. The molecule has 130 valence electrons. The number of rotatable bonds is 5. The second-order valence-corrected chi connectivity index (χ2v) is 14.4. The van der Waals surface area contributed by atoms with Crippen LogP contribution < -0.4 is 0 Å². The van der Waals surface area contributed by atoms with Crippen LogP contribution in [0.25, 0.3) is 0 Å².